The zero-order valence-corrected chi connectivity index (χ0v) is 12.3. The standard InChI is InChI=1S/C18H18N2O/c1-12-3-6-14(7-4-12)18-10-9-17(21)20(18)16-11-13(2)5-8-15(16)19-18/h3-8,11,19H,9-10H2,1-2H3. The van der Waals surface area contributed by atoms with E-state index in [1.165, 1.54) is 11.1 Å². The molecule has 3 heteroatoms. The summed E-state index contributed by atoms with van der Waals surface area (Å²) >= 11 is 0. The number of amides is 1. The van der Waals surface area contributed by atoms with Crippen LogP contribution in [-0.4, -0.2) is 5.91 Å². The monoisotopic (exact) mass is 278 g/mol. The van der Waals surface area contributed by atoms with E-state index in [-0.39, 0.29) is 5.91 Å². The van der Waals surface area contributed by atoms with E-state index in [4.69, 9.17) is 0 Å². The summed E-state index contributed by atoms with van der Waals surface area (Å²) in [5.74, 6) is 0.201. The third-order valence-corrected chi connectivity index (χ3v) is 4.60. The molecule has 2 aromatic carbocycles. The van der Waals surface area contributed by atoms with Crippen molar-refractivity contribution in [2.45, 2.75) is 32.4 Å². The van der Waals surface area contributed by atoms with E-state index in [2.05, 4.69) is 61.6 Å². The van der Waals surface area contributed by atoms with Crippen LogP contribution in [0.15, 0.2) is 42.5 Å². The molecule has 0 aliphatic carbocycles. The van der Waals surface area contributed by atoms with E-state index in [0.717, 1.165) is 23.4 Å². The molecule has 0 radical (unpaired) electrons. The molecule has 2 aliphatic rings. The Bertz CT molecular complexity index is 735. The van der Waals surface area contributed by atoms with Gasteiger partial charge in [-0.2, -0.15) is 0 Å². The second kappa shape index (κ2) is 4.10. The lowest BCUT2D eigenvalue weighted by Crippen LogP contribution is -2.44. The molecule has 1 atom stereocenters. The summed E-state index contributed by atoms with van der Waals surface area (Å²) < 4.78 is 0. The van der Waals surface area contributed by atoms with Crippen LogP contribution in [0.3, 0.4) is 0 Å². The van der Waals surface area contributed by atoms with Gasteiger partial charge in [-0.15, -0.1) is 0 Å². The molecule has 106 valence electrons. The Balaban J connectivity index is 1.89. The van der Waals surface area contributed by atoms with Crippen molar-refractivity contribution in [1.82, 2.24) is 0 Å². The van der Waals surface area contributed by atoms with Crippen LogP contribution in [0.1, 0.15) is 29.5 Å². The number of hydrogen-bond donors (Lipinski definition) is 1. The fourth-order valence-electron chi connectivity index (χ4n) is 3.51. The number of rotatable bonds is 1. The Labute approximate surface area is 124 Å². The third-order valence-electron chi connectivity index (χ3n) is 4.60. The molecule has 2 aromatic rings. The summed E-state index contributed by atoms with van der Waals surface area (Å²) in [6.07, 6.45) is 1.40. The number of nitrogens with zero attached hydrogens (tertiary/aromatic N) is 1. The largest absolute Gasteiger partial charge is 0.357 e. The summed E-state index contributed by atoms with van der Waals surface area (Å²) in [4.78, 5) is 14.4. The lowest BCUT2D eigenvalue weighted by atomic mass is 9.96. The quantitative estimate of drug-likeness (QED) is 0.862. The first kappa shape index (κ1) is 12.5. The molecule has 2 aliphatic heterocycles. The van der Waals surface area contributed by atoms with Crippen LogP contribution in [-0.2, 0) is 10.5 Å². The highest BCUT2D eigenvalue weighted by molar-refractivity contribution is 6.04. The predicted molar refractivity (Wildman–Crippen MR) is 84.4 cm³/mol. The van der Waals surface area contributed by atoms with Gasteiger partial charge in [-0.25, -0.2) is 0 Å². The lowest BCUT2D eigenvalue weighted by Gasteiger charge is -2.33. The van der Waals surface area contributed by atoms with Crippen LogP contribution in [0.25, 0.3) is 0 Å². The molecule has 1 unspecified atom stereocenters. The van der Waals surface area contributed by atoms with Gasteiger partial charge in [0, 0.05) is 12.8 Å². The van der Waals surface area contributed by atoms with Crippen molar-refractivity contribution in [2.24, 2.45) is 0 Å². The van der Waals surface area contributed by atoms with Crippen molar-refractivity contribution < 1.29 is 4.79 Å². The molecule has 2 heterocycles. The van der Waals surface area contributed by atoms with Crippen molar-refractivity contribution in [3.8, 4) is 0 Å². The van der Waals surface area contributed by atoms with E-state index < -0.39 is 5.66 Å². The number of carbonyl (C=O) groups is 1. The molecule has 0 saturated carbocycles. The topological polar surface area (TPSA) is 32.3 Å². The van der Waals surface area contributed by atoms with Crippen molar-refractivity contribution in [1.29, 1.82) is 0 Å². The second-order valence-electron chi connectivity index (χ2n) is 6.10. The molecule has 21 heavy (non-hydrogen) atoms. The zero-order chi connectivity index (χ0) is 14.6. The van der Waals surface area contributed by atoms with Gasteiger partial charge in [-0.1, -0.05) is 35.9 Å². The van der Waals surface area contributed by atoms with E-state index in [1.807, 2.05) is 4.90 Å². The number of fused-ring (bicyclic) bond motifs is 3. The molecule has 0 aromatic heterocycles. The van der Waals surface area contributed by atoms with Gasteiger partial charge in [0.15, 0.2) is 0 Å². The predicted octanol–water partition coefficient (Wildman–Crippen LogP) is 3.71. The first-order valence-corrected chi connectivity index (χ1v) is 7.39. The van der Waals surface area contributed by atoms with Crippen molar-refractivity contribution >= 4 is 17.3 Å². The van der Waals surface area contributed by atoms with Crippen LogP contribution >= 0.6 is 0 Å². The lowest BCUT2D eigenvalue weighted by molar-refractivity contribution is -0.117. The average molecular weight is 278 g/mol. The van der Waals surface area contributed by atoms with Gasteiger partial charge >= 0.3 is 0 Å². The highest BCUT2D eigenvalue weighted by atomic mass is 16.2. The van der Waals surface area contributed by atoms with Crippen LogP contribution in [0.5, 0.6) is 0 Å². The molecule has 0 spiro atoms. The van der Waals surface area contributed by atoms with Crippen LogP contribution in [0.2, 0.25) is 0 Å². The van der Waals surface area contributed by atoms with Crippen molar-refractivity contribution in [3.63, 3.8) is 0 Å². The Morgan fingerprint density at radius 2 is 1.76 bits per heavy atom. The van der Waals surface area contributed by atoms with Gasteiger partial charge in [0.2, 0.25) is 5.91 Å². The number of hydrogen-bond acceptors (Lipinski definition) is 2. The van der Waals surface area contributed by atoms with Gasteiger partial charge in [0.1, 0.15) is 5.66 Å². The Morgan fingerprint density at radius 1 is 1.05 bits per heavy atom. The molecule has 1 saturated heterocycles. The minimum Gasteiger partial charge on any atom is -0.357 e. The SMILES string of the molecule is Cc1ccc(C23CCC(=O)N2c2cc(C)ccc2N3)cc1. The summed E-state index contributed by atoms with van der Waals surface area (Å²) in [6.45, 7) is 4.14. The van der Waals surface area contributed by atoms with Gasteiger partial charge in [-0.3, -0.25) is 9.69 Å². The normalized spacial score (nSPS) is 23.0. The van der Waals surface area contributed by atoms with E-state index in [1.54, 1.807) is 0 Å². The Hall–Kier alpha value is -2.29. The molecular weight excluding hydrogens is 260 g/mol. The molecule has 1 fully saturated rings. The maximum atomic E-state index is 12.5. The number of carbonyl (C=O) groups excluding carboxylic acids is 1. The van der Waals surface area contributed by atoms with Crippen molar-refractivity contribution in [2.75, 3.05) is 10.2 Å². The highest BCUT2D eigenvalue weighted by Gasteiger charge is 2.52. The molecule has 1 N–H and O–H groups in total. The fraction of sp³-hybridized carbons (Fsp3) is 0.278. The molecule has 3 nitrogen and oxygen atoms in total. The molecule has 0 bridgehead atoms. The molecular formula is C18H18N2O. The smallest absolute Gasteiger partial charge is 0.229 e. The van der Waals surface area contributed by atoms with Gasteiger partial charge in [-0.05, 0) is 37.1 Å². The van der Waals surface area contributed by atoms with Gasteiger partial charge in [0.05, 0.1) is 11.4 Å². The minimum atomic E-state index is -0.402. The van der Waals surface area contributed by atoms with Crippen molar-refractivity contribution in [3.05, 3.63) is 59.2 Å². The van der Waals surface area contributed by atoms with Gasteiger partial charge < -0.3 is 5.32 Å². The first-order valence-electron chi connectivity index (χ1n) is 7.39. The maximum absolute atomic E-state index is 12.5. The fourth-order valence-corrected chi connectivity index (χ4v) is 3.51. The van der Waals surface area contributed by atoms with Crippen LogP contribution in [0, 0.1) is 13.8 Å². The van der Waals surface area contributed by atoms with Crippen LogP contribution in [0.4, 0.5) is 11.4 Å². The highest BCUT2D eigenvalue weighted by Crippen LogP contribution is 2.51. The Morgan fingerprint density at radius 3 is 2.52 bits per heavy atom. The van der Waals surface area contributed by atoms with Gasteiger partial charge in [0.25, 0.3) is 0 Å². The number of aryl methyl sites for hydroxylation is 2. The number of anilines is 2. The van der Waals surface area contributed by atoms with E-state index in [0.29, 0.717) is 6.42 Å². The number of benzene rings is 2. The second-order valence-corrected chi connectivity index (χ2v) is 6.10. The average Bonchev–Trinajstić information content (AvgIpc) is 2.96. The summed E-state index contributed by atoms with van der Waals surface area (Å²) in [7, 11) is 0. The van der Waals surface area contributed by atoms with E-state index >= 15 is 0 Å². The maximum Gasteiger partial charge on any atom is 0.229 e. The zero-order valence-electron chi connectivity index (χ0n) is 12.3. The summed E-state index contributed by atoms with van der Waals surface area (Å²) in [5.41, 5.74) is 5.23. The minimum absolute atomic E-state index is 0.201. The summed E-state index contributed by atoms with van der Waals surface area (Å²) in [5, 5.41) is 3.61. The Kier molecular flexibility index (Phi) is 2.43. The first-order chi connectivity index (χ1) is 10.1. The van der Waals surface area contributed by atoms with E-state index in [9.17, 15) is 4.79 Å². The summed E-state index contributed by atoms with van der Waals surface area (Å²) in [6, 6.07) is 14.7. The third kappa shape index (κ3) is 1.63. The molecule has 1 amide bonds. The molecule has 4 rings (SSSR count). The van der Waals surface area contributed by atoms with Crippen LogP contribution < -0.4 is 10.2 Å². The number of nitrogens with one attached hydrogen (secondary N) is 1.